The van der Waals surface area contributed by atoms with Crippen LogP contribution in [0, 0.1) is 6.92 Å². The van der Waals surface area contributed by atoms with Crippen LogP contribution in [0.1, 0.15) is 17.5 Å². The van der Waals surface area contributed by atoms with Crippen LogP contribution in [0.4, 0.5) is 4.39 Å². The summed E-state index contributed by atoms with van der Waals surface area (Å²) in [5.41, 5.74) is 1.56. The minimum atomic E-state index is -1.63. The van der Waals surface area contributed by atoms with Crippen molar-refractivity contribution in [2.24, 2.45) is 0 Å². The van der Waals surface area contributed by atoms with Gasteiger partial charge < -0.3 is 14.9 Å². The van der Waals surface area contributed by atoms with Crippen molar-refractivity contribution in [2.75, 3.05) is 6.61 Å². The van der Waals surface area contributed by atoms with Gasteiger partial charge in [-0.1, -0.05) is 0 Å². The van der Waals surface area contributed by atoms with Gasteiger partial charge in [0.1, 0.15) is 24.6 Å². The van der Waals surface area contributed by atoms with E-state index in [1.165, 1.54) is 17.0 Å². The number of alkyl halides is 1. The number of rotatable bonds is 2. The first-order valence-corrected chi connectivity index (χ1v) is 5.87. The molecule has 0 saturated carbocycles. The van der Waals surface area contributed by atoms with Gasteiger partial charge in [-0.05, 0) is 6.92 Å². The van der Waals surface area contributed by atoms with Crippen LogP contribution < -0.4 is 0 Å². The summed E-state index contributed by atoms with van der Waals surface area (Å²) in [5.74, 6) is 0. The van der Waals surface area contributed by atoms with Crippen molar-refractivity contribution < 1.29 is 19.3 Å². The van der Waals surface area contributed by atoms with Crippen molar-refractivity contribution in [3.8, 4) is 0 Å². The third-order valence-corrected chi connectivity index (χ3v) is 3.30. The van der Waals surface area contributed by atoms with E-state index in [4.69, 9.17) is 9.84 Å². The number of nitrogens with zero attached hydrogens (tertiary/aromatic N) is 4. The van der Waals surface area contributed by atoms with E-state index in [0.717, 1.165) is 0 Å². The summed E-state index contributed by atoms with van der Waals surface area (Å²) in [6.07, 6.45) is -2.14. The average molecular weight is 268 g/mol. The second kappa shape index (κ2) is 4.48. The highest BCUT2D eigenvalue weighted by molar-refractivity contribution is 5.43. The lowest BCUT2D eigenvalue weighted by Crippen LogP contribution is -2.30. The Morgan fingerprint density at radius 3 is 2.95 bits per heavy atom. The maximum Gasteiger partial charge on any atom is 0.175 e. The zero-order valence-electron chi connectivity index (χ0n) is 10.1. The second-order valence-corrected chi connectivity index (χ2v) is 4.48. The normalized spacial score (nSPS) is 31.2. The zero-order valence-corrected chi connectivity index (χ0v) is 10.1. The van der Waals surface area contributed by atoms with Gasteiger partial charge in [0.15, 0.2) is 11.8 Å². The molecule has 1 aliphatic heterocycles. The van der Waals surface area contributed by atoms with Crippen molar-refractivity contribution in [3.63, 3.8) is 0 Å². The lowest BCUT2D eigenvalue weighted by atomic mass is 10.1. The maximum atomic E-state index is 14.0. The lowest BCUT2D eigenvalue weighted by Gasteiger charge is -2.11. The summed E-state index contributed by atoms with van der Waals surface area (Å²) in [7, 11) is 0. The summed E-state index contributed by atoms with van der Waals surface area (Å²) < 4.78 is 20.8. The van der Waals surface area contributed by atoms with Crippen molar-refractivity contribution in [3.05, 3.63) is 23.9 Å². The summed E-state index contributed by atoms with van der Waals surface area (Å²) in [6, 6.07) is 0. The monoisotopic (exact) mass is 268 g/mol. The standard InChI is InChI=1S/C11H13FN4O3/c1-5-11-13-2-6(16(11)15-4-14-5)10-8(12)9(18)7(3-17)19-10/h2,4,7-10,17-18H,3H2,1H3/t7-,8-,9-,10+/m1/s1. The Labute approximate surface area is 107 Å². The molecule has 3 heterocycles. The first-order valence-electron chi connectivity index (χ1n) is 5.87. The fraction of sp³-hybridized carbons (Fsp3) is 0.545. The molecule has 2 aromatic heterocycles. The number of aliphatic hydroxyl groups excluding tert-OH is 2. The predicted molar refractivity (Wildman–Crippen MR) is 61.1 cm³/mol. The van der Waals surface area contributed by atoms with Crippen LogP contribution in [-0.4, -0.2) is 54.8 Å². The molecule has 19 heavy (non-hydrogen) atoms. The summed E-state index contributed by atoms with van der Waals surface area (Å²) in [6.45, 7) is 1.32. The molecule has 1 aliphatic rings. The van der Waals surface area contributed by atoms with E-state index in [1.807, 2.05) is 0 Å². The van der Waals surface area contributed by atoms with E-state index >= 15 is 0 Å². The average Bonchev–Trinajstić information content (AvgIpc) is 2.94. The molecule has 7 nitrogen and oxygen atoms in total. The number of aromatic nitrogens is 4. The molecule has 8 heteroatoms. The van der Waals surface area contributed by atoms with E-state index < -0.39 is 31.1 Å². The number of hydrogen-bond acceptors (Lipinski definition) is 6. The molecule has 102 valence electrons. The Balaban J connectivity index is 2.04. The predicted octanol–water partition coefficient (Wildman–Crippen LogP) is -0.436. The van der Waals surface area contributed by atoms with E-state index in [1.54, 1.807) is 6.92 Å². The van der Waals surface area contributed by atoms with Crippen LogP contribution in [0.3, 0.4) is 0 Å². The SMILES string of the molecule is Cc1ncnn2c([C@@H]3O[C@H](CO)[C@@H](O)[C@H]3F)cnc12. The quantitative estimate of drug-likeness (QED) is 0.767. The molecule has 1 fully saturated rings. The highest BCUT2D eigenvalue weighted by Crippen LogP contribution is 2.35. The number of ether oxygens (including phenoxy) is 1. The Hall–Kier alpha value is -1.64. The number of imidazole rings is 1. The number of aryl methyl sites for hydroxylation is 1. The molecule has 2 aromatic rings. The molecule has 1 saturated heterocycles. The van der Waals surface area contributed by atoms with Crippen LogP contribution in [0.25, 0.3) is 5.65 Å². The van der Waals surface area contributed by atoms with Gasteiger partial charge in [-0.2, -0.15) is 5.10 Å². The fourth-order valence-corrected chi connectivity index (χ4v) is 2.25. The highest BCUT2D eigenvalue weighted by atomic mass is 19.1. The Bertz CT molecular complexity index is 605. The number of aliphatic hydroxyl groups is 2. The van der Waals surface area contributed by atoms with Crippen molar-refractivity contribution in [1.82, 2.24) is 19.6 Å². The summed E-state index contributed by atoms with van der Waals surface area (Å²) >= 11 is 0. The summed E-state index contributed by atoms with van der Waals surface area (Å²) in [4.78, 5) is 8.11. The molecular formula is C11H13FN4O3. The van der Waals surface area contributed by atoms with Crippen LogP contribution in [0.2, 0.25) is 0 Å². The van der Waals surface area contributed by atoms with Crippen LogP contribution in [-0.2, 0) is 4.74 Å². The minimum Gasteiger partial charge on any atom is -0.394 e. The topological polar surface area (TPSA) is 92.8 Å². The maximum absolute atomic E-state index is 14.0. The molecule has 0 radical (unpaired) electrons. The number of halogens is 1. The van der Waals surface area contributed by atoms with E-state index in [9.17, 15) is 9.50 Å². The van der Waals surface area contributed by atoms with Crippen molar-refractivity contribution in [1.29, 1.82) is 0 Å². The van der Waals surface area contributed by atoms with Gasteiger partial charge in [-0.3, -0.25) is 0 Å². The van der Waals surface area contributed by atoms with Gasteiger partial charge in [-0.25, -0.2) is 18.9 Å². The molecular weight excluding hydrogens is 255 g/mol. The van der Waals surface area contributed by atoms with Crippen LogP contribution in [0.5, 0.6) is 0 Å². The highest BCUT2D eigenvalue weighted by Gasteiger charge is 2.46. The minimum absolute atomic E-state index is 0.392. The van der Waals surface area contributed by atoms with E-state index in [0.29, 0.717) is 17.0 Å². The van der Waals surface area contributed by atoms with Gasteiger partial charge in [0, 0.05) is 0 Å². The van der Waals surface area contributed by atoms with E-state index in [-0.39, 0.29) is 0 Å². The molecule has 0 amide bonds. The van der Waals surface area contributed by atoms with E-state index in [2.05, 4.69) is 15.1 Å². The molecule has 0 aliphatic carbocycles. The summed E-state index contributed by atoms with van der Waals surface area (Å²) in [5, 5.41) is 22.7. The Kier molecular flexibility index (Phi) is 2.92. The van der Waals surface area contributed by atoms with Gasteiger partial charge >= 0.3 is 0 Å². The fourth-order valence-electron chi connectivity index (χ4n) is 2.25. The Morgan fingerprint density at radius 2 is 2.26 bits per heavy atom. The molecule has 0 bridgehead atoms. The molecule has 3 rings (SSSR count). The molecule has 0 aromatic carbocycles. The molecule has 0 unspecified atom stereocenters. The van der Waals surface area contributed by atoms with Crippen molar-refractivity contribution >= 4 is 5.65 Å². The van der Waals surface area contributed by atoms with Crippen LogP contribution in [0.15, 0.2) is 12.5 Å². The van der Waals surface area contributed by atoms with Gasteiger partial charge in [0.05, 0.1) is 24.2 Å². The van der Waals surface area contributed by atoms with Gasteiger partial charge in [-0.15, -0.1) is 0 Å². The third kappa shape index (κ3) is 1.79. The third-order valence-electron chi connectivity index (χ3n) is 3.30. The van der Waals surface area contributed by atoms with Crippen molar-refractivity contribution in [2.45, 2.75) is 31.4 Å². The van der Waals surface area contributed by atoms with Gasteiger partial charge in [0.25, 0.3) is 0 Å². The number of fused-ring (bicyclic) bond motifs is 1. The molecule has 0 spiro atoms. The number of hydrogen-bond donors (Lipinski definition) is 2. The van der Waals surface area contributed by atoms with Gasteiger partial charge in [0.2, 0.25) is 0 Å². The molecule has 4 atom stereocenters. The Morgan fingerprint density at radius 1 is 1.47 bits per heavy atom. The largest absolute Gasteiger partial charge is 0.394 e. The zero-order chi connectivity index (χ0) is 13.6. The first-order chi connectivity index (χ1) is 9.13. The van der Waals surface area contributed by atoms with Crippen LogP contribution >= 0.6 is 0 Å². The first kappa shape index (κ1) is 12.4. The smallest absolute Gasteiger partial charge is 0.175 e. The second-order valence-electron chi connectivity index (χ2n) is 4.48. The molecule has 2 N–H and O–H groups in total. The lowest BCUT2D eigenvalue weighted by molar-refractivity contribution is -0.0241.